The zero-order valence-electron chi connectivity index (χ0n) is 19.5. The Bertz CT molecular complexity index is 1410. The van der Waals surface area contributed by atoms with Crippen LogP contribution in [0.15, 0.2) is 71.6 Å². The molecule has 0 bridgehead atoms. The van der Waals surface area contributed by atoms with Gasteiger partial charge in [-0.3, -0.25) is 9.52 Å². The highest BCUT2D eigenvalue weighted by molar-refractivity contribution is 7.92. The van der Waals surface area contributed by atoms with Gasteiger partial charge in [0.05, 0.1) is 24.3 Å². The molecular weight excluding hydrogens is 513 g/mol. The quantitative estimate of drug-likeness (QED) is 0.393. The van der Waals surface area contributed by atoms with Crippen LogP contribution in [0.1, 0.15) is 24.0 Å². The van der Waals surface area contributed by atoms with E-state index in [1.807, 2.05) is 12.1 Å². The summed E-state index contributed by atoms with van der Waals surface area (Å²) in [6.07, 6.45) is -5.49. The Hall–Kier alpha value is -3.77. The highest BCUT2D eigenvalue weighted by atomic mass is 32.2. The van der Waals surface area contributed by atoms with E-state index < -0.39 is 40.1 Å². The number of carbonyl (C=O) groups excluding carboxylic acids is 1. The van der Waals surface area contributed by atoms with E-state index in [2.05, 4.69) is 14.8 Å². The Balaban J connectivity index is 1.56. The Morgan fingerprint density at radius 2 is 1.81 bits per heavy atom. The van der Waals surface area contributed by atoms with Crippen LogP contribution in [0.2, 0.25) is 0 Å². The average Bonchev–Trinajstić information content (AvgIpc) is 3.14. The first-order valence-corrected chi connectivity index (χ1v) is 12.7. The number of halogens is 3. The topological polar surface area (TPSA) is 114 Å². The molecule has 2 atom stereocenters. The van der Waals surface area contributed by atoms with Gasteiger partial charge in [0.15, 0.2) is 0 Å². The molecule has 1 amide bonds. The van der Waals surface area contributed by atoms with Crippen molar-refractivity contribution in [2.24, 2.45) is 0 Å². The minimum Gasteiger partial charge on any atom is -0.492 e. The second-order valence-corrected chi connectivity index (χ2v) is 9.86. The fourth-order valence-corrected chi connectivity index (χ4v) is 5.33. The number of rotatable bonds is 8. The molecule has 2 unspecified atom stereocenters. The summed E-state index contributed by atoms with van der Waals surface area (Å²) in [7, 11) is -4.30. The maximum absolute atomic E-state index is 13.0. The number of hydrogen-bond acceptors (Lipinski definition) is 6. The van der Waals surface area contributed by atoms with Crippen LogP contribution in [0.5, 0.6) is 11.5 Å². The van der Waals surface area contributed by atoms with Gasteiger partial charge in [-0.15, -0.1) is 13.2 Å². The lowest BCUT2D eigenvalue weighted by molar-refractivity contribution is -0.274. The summed E-state index contributed by atoms with van der Waals surface area (Å²) in [5.74, 6) is -1.92. The predicted octanol–water partition coefficient (Wildman–Crippen LogP) is 4.42. The van der Waals surface area contributed by atoms with Crippen molar-refractivity contribution in [1.29, 1.82) is 0 Å². The number of hydrogen-bond donors (Lipinski definition) is 3. The summed E-state index contributed by atoms with van der Waals surface area (Å²) in [6.45, 7) is 1.74. The molecule has 3 aromatic rings. The fourth-order valence-electron chi connectivity index (χ4n) is 4.15. The summed E-state index contributed by atoms with van der Waals surface area (Å²) in [6, 6.07) is 15.5. The Morgan fingerprint density at radius 3 is 2.54 bits per heavy atom. The van der Waals surface area contributed by atoms with Gasteiger partial charge in [-0.05, 0) is 48.7 Å². The van der Waals surface area contributed by atoms with Crippen LogP contribution in [0.25, 0.3) is 0 Å². The first-order chi connectivity index (χ1) is 17.5. The fraction of sp³-hybridized carbons (Fsp3) is 0.240. The van der Waals surface area contributed by atoms with Crippen LogP contribution < -0.4 is 19.5 Å². The summed E-state index contributed by atoms with van der Waals surface area (Å²) in [5, 5.41) is 13.1. The van der Waals surface area contributed by atoms with Gasteiger partial charge in [0.2, 0.25) is 5.91 Å². The van der Waals surface area contributed by atoms with Crippen LogP contribution >= 0.6 is 0 Å². The number of amides is 1. The molecule has 1 aliphatic rings. The monoisotopic (exact) mass is 536 g/mol. The molecule has 0 radical (unpaired) electrons. The van der Waals surface area contributed by atoms with E-state index >= 15 is 0 Å². The van der Waals surface area contributed by atoms with Gasteiger partial charge in [0.25, 0.3) is 10.0 Å². The van der Waals surface area contributed by atoms with Gasteiger partial charge in [-0.25, -0.2) is 8.42 Å². The van der Waals surface area contributed by atoms with Crippen molar-refractivity contribution in [3.63, 3.8) is 0 Å². The molecule has 0 heterocycles. The minimum absolute atomic E-state index is 0.0807. The molecule has 0 aromatic heterocycles. The zero-order chi connectivity index (χ0) is 26.8. The lowest BCUT2D eigenvalue weighted by Gasteiger charge is -2.18. The van der Waals surface area contributed by atoms with E-state index in [1.54, 1.807) is 19.1 Å². The van der Waals surface area contributed by atoms with Crippen molar-refractivity contribution in [2.45, 2.75) is 36.6 Å². The molecule has 8 nitrogen and oxygen atoms in total. The third-order valence-corrected chi connectivity index (χ3v) is 7.03. The van der Waals surface area contributed by atoms with E-state index in [0.717, 1.165) is 23.3 Å². The molecule has 3 N–H and O–H groups in total. The van der Waals surface area contributed by atoms with E-state index in [1.165, 1.54) is 30.3 Å². The number of sulfonamides is 1. The largest absolute Gasteiger partial charge is 0.573 e. The van der Waals surface area contributed by atoms with Crippen molar-refractivity contribution >= 4 is 27.3 Å². The molecule has 37 heavy (non-hydrogen) atoms. The second-order valence-electron chi connectivity index (χ2n) is 8.21. The molecule has 196 valence electrons. The van der Waals surface area contributed by atoms with Gasteiger partial charge in [-0.1, -0.05) is 30.3 Å². The maximum atomic E-state index is 13.0. The van der Waals surface area contributed by atoms with E-state index in [0.29, 0.717) is 6.42 Å². The van der Waals surface area contributed by atoms with Gasteiger partial charge in [0.1, 0.15) is 16.4 Å². The van der Waals surface area contributed by atoms with Crippen LogP contribution in [0.3, 0.4) is 0 Å². The summed E-state index contributed by atoms with van der Waals surface area (Å²) in [4.78, 5) is 12.7. The molecular formula is C25H23F3N2O6S. The Labute approximate surface area is 211 Å². The van der Waals surface area contributed by atoms with Gasteiger partial charge >= 0.3 is 6.36 Å². The second kappa shape index (κ2) is 10.3. The van der Waals surface area contributed by atoms with Crippen molar-refractivity contribution in [3.8, 4) is 11.5 Å². The SMILES string of the molecule is CCOc1cc(NC(=O)C2c3ccccc3CC2O)ccc1S(=O)(=O)Nc1cccc(OC(F)(F)F)c1. The standard InChI is InChI=1S/C25H23F3N2O6S/c1-2-35-21-14-16(29-24(32)23-19-9-4-3-6-15(19)12-20(23)31)10-11-22(21)37(33,34)30-17-7-5-8-18(13-17)36-25(26,27)28/h3-11,13-14,20,23,30-31H,2,12H2,1H3,(H,29,32). The molecule has 4 rings (SSSR count). The molecule has 0 saturated carbocycles. The number of benzene rings is 3. The third kappa shape index (κ3) is 6.15. The molecule has 0 saturated heterocycles. The van der Waals surface area contributed by atoms with Crippen LogP contribution in [-0.4, -0.2) is 38.5 Å². The third-order valence-electron chi connectivity index (χ3n) is 5.61. The lowest BCUT2D eigenvalue weighted by Crippen LogP contribution is -2.28. The van der Waals surface area contributed by atoms with Gasteiger partial charge < -0.3 is 19.9 Å². The van der Waals surface area contributed by atoms with E-state index in [9.17, 15) is 31.5 Å². The van der Waals surface area contributed by atoms with E-state index in [-0.39, 0.29) is 28.6 Å². The number of anilines is 2. The number of carbonyl (C=O) groups is 1. The summed E-state index contributed by atoms with van der Waals surface area (Å²) >= 11 is 0. The lowest BCUT2D eigenvalue weighted by atomic mass is 9.99. The Morgan fingerprint density at radius 1 is 1.05 bits per heavy atom. The molecule has 3 aromatic carbocycles. The zero-order valence-corrected chi connectivity index (χ0v) is 20.3. The van der Waals surface area contributed by atoms with Crippen molar-refractivity contribution in [3.05, 3.63) is 77.9 Å². The van der Waals surface area contributed by atoms with Crippen molar-refractivity contribution in [2.75, 3.05) is 16.6 Å². The van der Waals surface area contributed by atoms with Crippen LogP contribution in [0, 0.1) is 0 Å². The average molecular weight is 537 g/mol. The smallest absolute Gasteiger partial charge is 0.492 e. The maximum Gasteiger partial charge on any atom is 0.573 e. The summed E-state index contributed by atoms with van der Waals surface area (Å²) < 4.78 is 75.1. The Kier molecular flexibility index (Phi) is 7.32. The van der Waals surface area contributed by atoms with Gasteiger partial charge in [0, 0.05) is 17.8 Å². The highest BCUT2D eigenvalue weighted by Crippen LogP contribution is 2.35. The number of nitrogens with one attached hydrogen (secondary N) is 2. The van der Waals surface area contributed by atoms with Gasteiger partial charge in [-0.2, -0.15) is 0 Å². The minimum atomic E-state index is -4.93. The number of aliphatic hydroxyl groups is 1. The normalized spacial score (nSPS) is 17.1. The van der Waals surface area contributed by atoms with Crippen molar-refractivity contribution < 1.29 is 41.0 Å². The first kappa shape index (κ1) is 26.3. The van der Waals surface area contributed by atoms with Crippen molar-refractivity contribution in [1.82, 2.24) is 0 Å². The first-order valence-electron chi connectivity index (χ1n) is 11.2. The number of aliphatic hydroxyl groups excluding tert-OH is 1. The molecule has 12 heteroatoms. The van der Waals surface area contributed by atoms with Crippen LogP contribution in [0.4, 0.5) is 24.5 Å². The van der Waals surface area contributed by atoms with E-state index in [4.69, 9.17) is 4.74 Å². The predicted molar refractivity (Wildman–Crippen MR) is 129 cm³/mol. The summed E-state index contributed by atoms with van der Waals surface area (Å²) in [5.41, 5.74) is 1.68. The highest BCUT2D eigenvalue weighted by Gasteiger charge is 2.36. The molecule has 0 fully saturated rings. The number of ether oxygens (including phenoxy) is 2. The molecule has 0 spiro atoms. The number of fused-ring (bicyclic) bond motifs is 1. The molecule has 0 aliphatic heterocycles. The van der Waals surface area contributed by atoms with Crippen LogP contribution in [-0.2, 0) is 21.2 Å². The molecule has 1 aliphatic carbocycles. The number of alkyl halides is 3.